The van der Waals surface area contributed by atoms with E-state index in [2.05, 4.69) is 10.3 Å². The summed E-state index contributed by atoms with van der Waals surface area (Å²) >= 11 is 1.25. The summed E-state index contributed by atoms with van der Waals surface area (Å²) in [4.78, 5) is 45.6. The van der Waals surface area contributed by atoms with Gasteiger partial charge in [-0.25, -0.2) is 4.98 Å². The molecule has 2 heterocycles. The lowest BCUT2D eigenvalue weighted by molar-refractivity contribution is -0.142. The lowest BCUT2D eigenvalue weighted by atomic mass is 10.2. The van der Waals surface area contributed by atoms with Crippen molar-refractivity contribution in [2.24, 2.45) is 0 Å². The molecule has 178 valence electrons. The minimum atomic E-state index is -0.363. The Morgan fingerprint density at radius 2 is 1.91 bits per heavy atom. The first kappa shape index (κ1) is 24.8. The fourth-order valence-corrected chi connectivity index (χ4v) is 4.37. The summed E-state index contributed by atoms with van der Waals surface area (Å²) < 4.78 is 10.8. The predicted molar refractivity (Wildman–Crippen MR) is 125 cm³/mol. The molecule has 1 saturated heterocycles. The fourth-order valence-electron chi connectivity index (χ4n) is 3.64. The molecule has 0 radical (unpaired) electrons. The monoisotopic (exact) mass is 474 g/mol. The molecule has 1 aromatic heterocycles. The number of anilines is 1. The number of carbonyl (C=O) groups is 3. The van der Waals surface area contributed by atoms with Crippen molar-refractivity contribution in [3.05, 3.63) is 47.0 Å². The van der Waals surface area contributed by atoms with Gasteiger partial charge in [0.05, 0.1) is 30.9 Å². The van der Waals surface area contributed by atoms with Gasteiger partial charge in [0.25, 0.3) is 5.91 Å². The summed E-state index contributed by atoms with van der Waals surface area (Å²) in [7, 11) is 1.54. The predicted octanol–water partition coefficient (Wildman–Crippen LogP) is 2.05. The third-order valence-corrected chi connectivity index (χ3v) is 5.92. The van der Waals surface area contributed by atoms with Crippen LogP contribution in [0.25, 0.3) is 0 Å². The van der Waals surface area contributed by atoms with E-state index in [0.29, 0.717) is 36.1 Å². The Morgan fingerprint density at radius 3 is 2.58 bits per heavy atom. The largest absolute Gasteiger partial charge is 0.383 e. The maximum Gasteiger partial charge on any atom is 0.254 e. The van der Waals surface area contributed by atoms with Crippen molar-refractivity contribution in [2.75, 3.05) is 45.2 Å². The van der Waals surface area contributed by atoms with E-state index in [1.165, 1.54) is 16.2 Å². The van der Waals surface area contributed by atoms with E-state index in [4.69, 9.17) is 9.47 Å². The van der Waals surface area contributed by atoms with E-state index in [1.807, 2.05) is 19.9 Å². The van der Waals surface area contributed by atoms with Crippen molar-refractivity contribution in [1.82, 2.24) is 14.8 Å². The van der Waals surface area contributed by atoms with Crippen molar-refractivity contribution < 1.29 is 23.9 Å². The Kier molecular flexibility index (Phi) is 8.93. The Balaban J connectivity index is 1.56. The molecule has 2 atom stereocenters. The normalized spacial score (nSPS) is 18.1. The molecule has 2 aromatic rings. The molecule has 3 amide bonds. The Labute approximate surface area is 197 Å². The first-order chi connectivity index (χ1) is 15.9. The van der Waals surface area contributed by atoms with Gasteiger partial charge in [0.2, 0.25) is 11.8 Å². The highest BCUT2D eigenvalue weighted by atomic mass is 32.1. The van der Waals surface area contributed by atoms with Gasteiger partial charge >= 0.3 is 0 Å². The van der Waals surface area contributed by atoms with E-state index in [1.54, 1.807) is 41.7 Å². The molecule has 3 rings (SSSR count). The number of nitrogens with zero attached hydrogens (tertiary/aromatic N) is 3. The molecular weight excluding hydrogens is 444 g/mol. The van der Waals surface area contributed by atoms with Crippen molar-refractivity contribution in [2.45, 2.75) is 32.5 Å². The lowest BCUT2D eigenvalue weighted by Crippen LogP contribution is -2.48. The fraction of sp³-hybridized carbons (Fsp3) is 0.478. The third kappa shape index (κ3) is 7.34. The van der Waals surface area contributed by atoms with Crippen molar-refractivity contribution in [1.29, 1.82) is 0 Å². The molecule has 0 aliphatic carbocycles. The van der Waals surface area contributed by atoms with Crippen LogP contribution in [0.5, 0.6) is 0 Å². The first-order valence-corrected chi connectivity index (χ1v) is 11.7. The summed E-state index contributed by atoms with van der Waals surface area (Å²) in [5.41, 5.74) is 1.10. The highest BCUT2D eigenvalue weighted by Crippen LogP contribution is 2.18. The third-order valence-electron chi connectivity index (χ3n) is 5.11. The average Bonchev–Trinajstić information content (AvgIpc) is 3.22. The smallest absolute Gasteiger partial charge is 0.254 e. The number of amides is 3. The molecule has 33 heavy (non-hydrogen) atoms. The number of thiazole rings is 1. The molecule has 0 bridgehead atoms. The van der Waals surface area contributed by atoms with Gasteiger partial charge in [-0.05, 0) is 26.0 Å². The number of hydrogen-bond donors (Lipinski definition) is 1. The molecule has 1 N–H and O–H groups in total. The molecule has 1 aliphatic heterocycles. The molecule has 1 fully saturated rings. The molecule has 9 nitrogen and oxygen atoms in total. The number of nitrogens with one attached hydrogen (secondary N) is 1. The zero-order chi connectivity index (χ0) is 23.8. The summed E-state index contributed by atoms with van der Waals surface area (Å²) in [5, 5.41) is 4.89. The van der Waals surface area contributed by atoms with E-state index in [9.17, 15) is 14.4 Å². The van der Waals surface area contributed by atoms with Gasteiger partial charge in [0.1, 0.15) is 6.54 Å². The van der Waals surface area contributed by atoms with Crippen molar-refractivity contribution in [3.63, 3.8) is 0 Å². The van der Waals surface area contributed by atoms with E-state index in [0.717, 1.165) is 0 Å². The van der Waals surface area contributed by atoms with Gasteiger partial charge < -0.3 is 24.6 Å². The van der Waals surface area contributed by atoms with Crippen molar-refractivity contribution >= 4 is 34.2 Å². The second-order valence-electron chi connectivity index (χ2n) is 8.01. The van der Waals surface area contributed by atoms with Crippen LogP contribution in [0.15, 0.2) is 35.7 Å². The van der Waals surface area contributed by atoms with Crippen LogP contribution in [0.4, 0.5) is 5.13 Å². The van der Waals surface area contributed by atoms with Gasteiger partial charge in [-0.3, -0.25) is 14.4 Å². The Bertz CT molecular complexity index is 941. The maximum atomic E-state index is 12.8. The topological polar surface area (TPSA) is 101 Å². The van der Waals surface area contributed by atoms with Gasteiger partial charge in [-0.15, -0.1) is 11.3 Å². The SMILES string of the molecule is COCCN(CC(=O)Nc1nc(CC(=O)N2CC(C)OC(C)C2)cs1)C(=O)c1ccccc1. The Hall–Kier alpha value is -2.82. The molecule has 0 spiro atoms. The van der Waals surface area contributed by atoms with Gasteiger partial charge in [-0.1, -0.05) is 18.2 Å². The van der Waals surface area contributed by atoms with Gasteiger partial charge in [0, 0.05) is 37.7 Å². The summed E-state index contributed by atoms with van der Waals surface area (Å²) in [6.45, 7) is 5.48. The van der Waals surface area contributed by atoms with Crippen LogP contribution in [-0.2, 0) is 25.5 Å². The number of morpholine rings is 1. The first-order valence-electron chi connectivity index (χ1n) is 10.9. The number of carbonyl (C=O) groups excluding carboxylic acids is 3. The average molecular weight is 475 g/mol. The molecule has 10 heteroatoms. The van der Waals surface area contributed by atoms with Crippen LogP contribution in [0.2, 0.25) is 0 Å². The number of rotatable bonds is 9. The van der Waals surface area contributed by atoms with E-state index in [-0.39, 0.29) is 49.4 Å². The zero-order valence-electron chi connectivity index (χ0n) is 19.2. The summed E-state index contributed by atoms with van der Waals surface area (Å²) in [5.74, 6) is -0.625. The van der Waals surface area contributed by atoms with Crippen LogP contribution in [0, 0.1) is 0 Å². The summed E-state index contributed by atoms with van der Waals surface area (Å²) in [6, 6.07) is 8.80. The maximum absolute atomic E-state index is 12.8. The lowest BCUT2D eigenvalue weighted by Gasteiger charge is -2.35. The van der Waals surface area contributed by atoms with E-state index >= 15 is 0 Å². The Morgan fingerprint density at radius 1 is 1.21 bits per heavy atom. The highest BCUT2D eigenvalue weighted by Gasteiger charge is 2.26. The minimum Gasteiger partial charge on any atom is -0.383 e. The standard InChI is InChI=1S/C23H30N4O5S/c1-16-12-27(13-17(2)32-16)21(29)11-19-15-33-23(24-19)25-20(28)14-26(9-10-31-3)22(30)18-7-5-4-6-8-18/h4-8,15-17H,9-14H2,1-3H3,(H,24,25,28). The van der Waals surface area contributed by atoms with Crippen LogP contribution < -0.4 is 5.32 Å². The van der Waals surface area contributed by atoms with Crippen molar-refractivity contribution in [3.8, 4) is 0 Å². The number of ether oxygens (including phenoxy) is 2. The number of aromatic nitrogens is 1. The molecule has 1 aromatic carbocycles. The molecular formula is C23H30N4O5S. The highest BCUT2D eigenvalue weighted by molar-refractivity contribution is 7.13. The second kappa shape index (κ2) is 11.9. The number of benzene rings is 1. The number of hydrogen-bond acceptors (Lipinski definition) is 7. The quantitative estimate of drug-likeness (QED) is 0.597. The molecule has 2 unspecified atom stereocenters. The van der Waals surface area contributed by atoms with Gasteiger partial charge in [0.15, 0.2) is 5.13 Å². The molecule has 0 saturated carbocycles. The summed E-state index contributed by atoms with van der Waals surface area (Å²) in [6.07, 6.45) is 0.170. The van der Waals surface area contributed by atoms with Crippen LogP contribution in [0.1, 0.15) is 29.9 Å². The van der Waals surface area contributed by atoms with Crippen LogP contribution >= 0.6 is 11.3 Å². The van der Waals surface area contributed by atoms with E-state index < -0.39 is 0 Å². The van der Waals surface area contributed by atoms with Crippen LogP contribution in [0.3, 0.4) is 0 Å². The van der Waals surface area contributed by atoms with Crippen LogP contribution in [-0.4, -0.2) is 84.6 Å². The second-order valence-corrected chi connectivity index (χ2v) is 8.87. The zero-order valence-corrected chi connectivity index (χ0v) is 20.0. The number of methoxy groups -OCH3 is 1. The van der Waals surface area contributed by atoms with Gasteiger partial charge in [-0.2, -0.15) is 0 Å². The minimum absolute atomic E-state index is 0.00244. The molecule has 1 aliphatic rings.